The second-order valence-corrected chi connectivity index (χ2v) is 6.67. The van der Waals surface area contributed by atoms with Gasteiger partial charge in [0.05, 0.1) is 31.4 Å². The molecule has 2 amide bonds. The maximum Gasteiger partial charge on any atom is 0.273 e. The predicted molar refractivity (Wildman–Crippen MR) is 115 cm³/mol. The molecule has 0 fully saturated rings. The number of hydrogen-bond donors (Lipinski definition) is 2. The van der Waals surface area contributed by atoms with E-state index >= 15 is 0 Å². The Morgan fingerprint density at radius 1 is 1.07 bits per heavy atom. The van der Waals surface area contributed by atoms with Crippen LogP contribution in [0.25, 0.3) is 0 Å². The molecular weight excluding hydrogens is 410 g/mol. The van der Waals surface area contributed by atoms with E-state index in [4.69, 9.17) is 25.8 Å². The summed E-state index contributed by atoms with van der Waals surface area (Å²) >= 11 is 6.07. The van der Waals surface area contributed by atoms with Crippen LogP contribution in [0, 0.1) is 0 Å². The van der Waals surface area contributed by atoms with Crippen LogP contribution in [0.4, 0.5) is 5.69 Å². The lowest BCUT2D eigenvalue weighted by Gasteiger charge is -2.14. The van der Waals surface area contributed by atoms with Gasteiger partial charge in [0.1, 0.15) is 11.5 Å². The quantitative estimate of drug-likeness (QED) is 0.465. The summed E-state index contributed by atoms with van der Waals surface area (Å²) in [4.78, 5) is 24.7. The smallest absolute Gasteiger partial charge is 0.273 e. The third kappa shape index (κ3) is 6.20. The number of carbonyl (C=O) groups is 2. The van der Waals surface area contributed by atoms with Gasteiger partial charge in [-0.15, -0.1) is 0 Å². The van der Waals surface area contributed by atoms with Gasteiger partial charge in [0.25, 0.3) is 5.91 Å². The summed E-state index contributed by atoms with van der Waals surface area (Å²) in [6.45, 7) is 1.63. The lowest BCUT2D eigenvalue weighted by Crippen LogP contribution is -2.28. The minimum atomic E-state index is -0.803. The Morgan fingerprint density at radius 3 is 2.33 bits per heavy atom. The zero-order chi connectivity index (χ0) is 22.1. The van der Waals surface area contributed by atoms with Crippen LogP contribution >= 0.6 is 11.6 Å². The van der Waals surface area contributed by atoms with E-state index in [9.17, 15) is 9.59 Å². The SMILES string of the molecule is COc1cc(NC(=O)CC(C)=NNC(=O)[C@H](OC)c2ccccc2)c(OC)cc1Cl. The molecule has 30 heavy (non-hydrogen) atoms. The highest BCUT2D eigenvalue weighted by Crippen LogP contribution is 2.35. The summed E-state index contributed by atoms with van der Waals surface area (Å²) < 4.78 is 15.6. The fourth-order valence-corrected chi connectivity index (χ4v) is 2.89. The number of nitrogens with one attached hydrogen (secondary N) is 2. The first kappa shape index (κ1) is 23.2. The fourth-order valence-electron chi connectivity index (χ4n) is 2.66. The summed E-state index contributed by atoms with van der Waals surface area (Å²) in [7, 11) is 4.38. The summed E-state index contributed by atoms with van der Waals surface area (Å²) in [6, 6.07) is 12.2. The van der Waals surface area contributed by atoms with Crippen molar-refractivity contribution >= 4 is 34.8 Å². The molecule has 2 aromatic carbocycles. The molecule has 0 spiro atoms. The Labute approximate surface area is 180 Å². The van der Waals surface area contributed by atoms with Crippen molar-refractivity contribution in [1.82, 2.24) is 5.43 Å². The Balaban J connectivity index is 2.00. The molecule has 0 aliphatic carbocycles. The zero-order valence-corrected chi connectivity index (χ0v) is 17.9. The van der Waals surface area contributed by atoms with Crippen molar-refractivity contribution in [1.29, 1.82) is 0 Å². The third-order valence-electron chi connectivity index (χ3n) is 4.10. The molecule has 8 nitrogen and oxygen atoms in total. The van der Waals surface area contributed by atoms with Gasteiger partial charge in [-0.05, 0) is 12.5 Å². The van der Waals surface area contributed by atoms with Crippen molar-refractivity contribution in [3.8, 4) is 11.5 Å². The second-order valence-electron chi connectivity index (χ2n) is 6.26. The normalized spacial score (nSPS) is 12.1. The van der Waals surface area contributed by atoms with Crippen LogP contribution in [0.15, 0.2) is 47.6 Å². The monoisotopic (exact) mass is 433 g/mol. The van der Waals surface area contributed by atoms with Crippen LogP contribution in [-0.4, -0.2) is 38.9 Å². The molecule has 9 heteroatoms. The van der Waals surface area contributed by atoms with E-state index in [0.29, 0.717) is 33.5 Å². The van der Waals surface area contributed by atoms with Crippen LogP contribution in [0.5, 0.6) is 11.5 Å². The highest BCUT2D eigenvalue weighted by atomic mass is 35.5. The number of halogens is 1. The van der Waals surface area contributed by atoms with Crippen LogP contribution in [-0.2, 0) is 14.3 Å². The number of ether oxygens (including phenoxy) is 3. The molecule has 0 aliphatic heterocycles. The molecule has 1 atom stereocenters. The molecular formula is C21H24ClN3O5. The van der Waals surface area contributed by atoms with E-state index in [-0.39, 0.29) is 12.3 Å². The van der Waals surface area contributed by atoms with Crippen molar-refractivity contribution in [2.45, 2.75) is 19.4 Å². The van der Waals surface area contributed by atoms with Gasteiger partial charge in [0.2, 0.25) is 5.91 Å². The number of benzene rings is 2. The highest BCUT2D eigenvalue weighted by Gasteiger charge is 2.19. The maximum atomic E-state index is 12.4. The number of nitrogens with zero attached hydrogens (tertiary/aromatic N) is 1. The predicted octanol–water partition coefficient (Wildman–Crippen LogP) is 3.57. The van der Waals surface area contributed by atoms with Crippen LogP contribution in [0.2, 0.25) is 5.02 Å². The van der Waals surface area contributed by atoms with Gasteiger partial charge in [-0.2, -0.15) is 5.10 Å². The van der Waals surface area contributed by atoms with E-state index in [2.05, 4.69) is 15.8 Å². The van der Waals surface area contributed by atoms with Crippen LogP contribution in [0.1, 0.15) is 25.0 Å². The Morgan fingerprint density at radius 2 is 1.73 bits per heavy atom. The lowest BCUT2D eigenvalue weighted by molar-refractivity contribution is -0.131. The van der Waals surface area contributed by atoms with E-state index in [0.717, 1.165) is 0 Å². The number of hydrazone groups is 1. The molecule has 0 radical (unpaired) electrons. The van der Waals surface area contributed by atoms with Crippen LogP contribution in [0.3, 0.4) is 0 Å². The molecule has 2 rings (SSSR count). The molecule has 0 unspecified atom stereocenters. The molecule has 0 heterocycles. The van der Waals surface area contributed by atoms with Gasteiger partial charge < -0.3 is 19.5 Å². The summed E-state index contributed by atoms with van der Waals surface area (Å²) in [6.07, 6.45) is -0.848. The zero-order valence-electron chi connectivity index (χ0n) is 17.2. The number of rotatable bonds is 9. The maximum absolute atomic E-state index is 12.4. The molecule has 0 aliphatic rings. The van der Waals surface area contributed by atoms with Crippen molar-refractivity contribution in [3.63, 3.8) is 0 Å². The van der Waals surface area contributed by atoms with Gasteiger partial charge in [-0.25, -0.2) is 5.43 Å². The minimum Gasteiger partial charge on any atom is -0.495 e. The lowest BCUT2D eigenvalue weighted by atomic mass is 10.1. The van der Waals surface area contributed by atoms with E-state index in [1.165, 1.54) is 21.3 Å². The standard InChI is InChI=1S/C21H24ClN3O5/c1-13(24-25-21(27)20(30-4)14-8-6-5-7-9-14)10-19(26)23-16-12-17(28-2)15(22)11-18(16)29-3/h5-9,11-12,20H,10H2,1-4H3,(H,23,26)(H,25,27)/t20-/m1/s1. The molecule has 0 saturated carbocycles. The Bertz CT molecular complexity index is 918. The third-order valence-corrected chi connectivity index (χ3v) is 4.39. The Kier molecular flexibility index (Phi) is 8.64. The minimum absolute atomic E-state index is 0.0443. The summed E-state index contributed by atoms with van der Waals surface area (Å²) in [5.41, 5.74) is 3.94. The fraction of sp³-hybridized carbons (Fsp3) is 0.286. The number of amides is 2. The molecule has 0 bridgehead atoms. The van der Waals surface area contributed by atoms with Gasteiger partial charge in [0.15, 0.2) is 6.10 Å². The summed E-state index contributed by atoms with van der Waals surface area (Å²) in [5.74, 6) is 0.00636. The molecule has 0 aromatic heterocycles. The topological polar surface area (TPSA) is 98.2 Å². The molecule has 2 N–H and O–H groups in total. The largest absolute Gasteiger partial charge is 0.495 e. The average molecular weight is 434 g/mol. The van der Waals surface area contributed by atoms with E-state index in [1.807, 2.05) is 18.2 Å². The summed E-state index contributed by atoms with van der Waals surface area (Å²) in [5, 5.41) is 7.07. The second kappa shape index (κ2) is 11.2. The van der Waals surface area contributed by atoms with E-state index < -0.39 is 12.0 Å². The van der Waals surface area contributed by atoms with Crippen molar-refractivity contribution in [2.75, 3.05) is 26.6 Å². The van der Waals surface area contributed by atoms with Gasteiger partial charge in [0, 0.05) is 25.0 Å². The Hall–Kier alpha value is -3.10. The number of anilines is 1. The van der Waals surface area contributed by atoms with Gasteiger partial charge in [-0.3, -0.25) is 9.59 Å². The first-order chi connectivity index (χ1) is 14.4. The van der Waals surface area contributed by atoms with Crippen molar-refractivity contribution < 1.29 is 23.8 Å². The number of carbonyl (C=O) groups excluding carboxylic acids is 2. The van der Waals surface area contributed by atoms with Crippen molar-refractivity contribution in [2.24, 2.45) is 5.10 Å². The van der Waals surface area contributed by atoms with Gasteiger partial charge in [-0.1, -0.05) is 41.9 Å². The average Bonchev–Trinajstić information content (AvgIpc) is 2.74. The molecule has 0 saturated heterocycles. The molecule has 2 aromatic rings. The molecule has 160 valence electrons. The van der Waals surface area contributed by atoms with Crippen molar-refractivity contribution in [3.05, 3.63) is 53.1 Å². The first-order valence-electron chi connectivity index (χ1n) is 9.01. The number of methoxy groups -OCH3 is 3. The highest BCUT2D eigenvalue weighted by molar-refractivity contribution is 6.32. The van der Waals surface area contributed by atoms with Gasteiger partial charge >= 0.3 is 0 Å². The first-order valence-corrected chi connectivity index (χ1v) is 9.39. The van der Waals surface area contributed by atoms with E-state index in [1.54, 1.807) is 31.2 Å². The van der Waals surface area contributed by atoms with Crippen LogP contribution < -0.4 is 20.2 Å². The number of hydrogen-bond acceptors (Lipinski definition) is 6.